The van der Waals surface area contributed by atoms with E-state index in [9.17, 15) is 4.79 Å². The van der Waals surface area contributed by atoms with Gasteiger partial charge in [-0.1, -0.05) is 37.5 Å². The Morgan fingerprint density at radius 3 is 2.65 bits per heavy atom. The Bertz CT molecular complexity index is 641. The van der Waals surface area contributed by atoms with Gasteiger partial charge in [0.05, 0.1) is 5.69 Å². The number of nitrogens with two attached hydrogens (primary N) is 1. The lowest BCUT2D eigenvalue weighted by molar-refractivity contribution is 0.0888. The first kappa shape index (κ1) is 13.4. The van der Waals surface area contributed by atoms with Crippen LogP contribution in [0.2, 0.25) is 0 Å². The van der Waals surface area contributed by atoms with Crippen LogP contribution in [0.4, 0.5) is 5.69 Å². The van der Waals surface area contributed by atoms with Crippen LogP contribution < -0.4 is 11.1 Å². The Morgan fingerprint density at radius 2 is 1.95 bits per heavy atom. The van der Waals surface area contributed by atoms with Crippen molar-refractivity contribution in [1.29, 1.82) is 0 Å². The lowest BCUT2D eigenvalue weighted by Gasteiger charge is -2.34. The van der Waals surface area contributed by atoms with Crippen LogP contribution in [0.25, 0.3) is 10.1 Å². The first-order valence-electron chi connectivity index (χ1n) is 7.19. The number of amides is 1. The second-order valence-corrected chi connectivity index (χ2v) is 6.97. The molecular formula is C16H20N2OS. The number of hydrogen-bond donors (Lipinski definition) is 2. The summed E-state index contributed by atoms with van der Waals surface area (Å²) in [7, 11) is 0. The molecule has 0 spiro atoms. The van der Waals surface area contributed by atoms with E-state index in [-0.39, 0.29) is 11.4 Å². The second kappa shape index (κ2) is 5.09. The molecule has 4 heteroatoms. The van der Waals surface area contributed by atoms with E-state index < -0.39 is 0 Å². The summed E-state index contributed by atoms with van der Waals surface area (Å²) in [5, 5.41) is 4.19. The van der Waals surface area contributed by atoms with Gasteiger partial charge in [-0.25, -0.2) is 0 Å². The maximum atomic E-state index is 12.5. The maximum Gasteiger partial charge on any atom is 0.263 e. The zero-order valence-electron chi connectivity index (χ0n) is 11.7. The molecule has 0 bridgehead atoms. The molecule has 20 heavy (non-hydrogen) atoms. The van der Waals surface area contributed by atoms with Crippen molar-refractivity contribution in [3.63, 3.8) is 0 Å². The summed E-state index contributed by atoms with van der Waals surface area (Å²) >= 11 is 1.48. The molecule has 106 valence electrons. The van der Waals surface area contributed by atoms with Crippen molar-refractivity contribution in [3.05, 3.63) is 29.1 Å². The molecule has 1 saturated carbocycles. The summed E-state index contributed by atoms with van der Waals surface area (Å²) < 4.78 is 1.07. The predicted molar refractivity (Wildman–Crippen MR) is 85.2 cm³/mol. The van der Waals surface area contributed by atoms with Gasteiger partial charge < -0.3 is 11.1 Å². The van der Waals surface area contributed by atoms with Crippen molar-refractivity contribution < 1.29 is 4.79 Å². The Hall–Kier alpha value is -1.55. The van der Waals surface area contributed by atoms with Gasteiger partial charge in [0, 0.05) is 15.6 Å². The largest absolute Gasteiger partial charge is 0.397 e. The van der Waals surface area contributed by atoms with Gasteiger partial charge >= 0.3 is 0 Å². The highest BCUT2D eigenvalue weighted by atomic mass is 32.1. The zero-order chi connectivity index (χ0) is 14.2. The molecule has 1 aromatic carbocycles. The van der Waals surface area contributed by atoms with Crippen LogP contribution in [-0.2, 0) is 0 Å². The van der Waals surface area contributed by atoms with Crippen molar-refractivity contribution >= 4 is 33.0 Å². The van der Waals surface area contributed by atoms with Gasteiger partial charge in [0.25, 0.3) is 5.91 Å². The summed E-state index contributed by atoms with van der Waals surface area (Å²) in [5.74, 6) is -0.0203. The number of rotatable bonds is 2. The smallest absolute Gasteiger partial charge is 0.263 e. The van der Waals surface area contributed by atoms with Gasteiger partial charge in [-0.05, 0) is 25.8 Å². The van der Waals surface area contributed by atoms with E-state index in [0.29, 0.717) is 10.6 Å². The summed E-state index contributed by atoms with van der Waals surface area (Å²) in [6.45, 7) is 2.15. The van der Waals surface area contributed by atoms with Gasteiger partial charge in [0.2, 0.25) is 0 Å². The molecule has 2 aromatic rings. The highest BCUT2D eigenvalue weighted by Crippen LogP contribution is 2.34. The molecule has 3 N–H and O–H groups in total. The molecule has 0 atom stereocenters. The highest BCUT2D eigenvalue weighted by Gasteiger charge is 2.30. The van der Waals surface area contributed by atoms with Gasteiger partial charge in [0.1, 0.15) is 4.88 Å². The number of benzene rings is 1. The fourth-order valence-electron chi connectivity index (χ4n) is 3.02. The van der Waals surface area contributed by atoms with E-state index in [1.165, 1.54) is 30.6 Å². The number of nitrogen functional groups attached to an aromatic ring is 1. The monoisotopic (exact) mass is 288 g/mol. The first-order valence-corrected chi connectivity index (χ1v) is 8.00. The maximum absolute atomic E-state index is 12.5. The minimum atomic E-state index is -0.0715. The molecule has 1 aliphatic rings. The van der Waals surface area contributed by atoms with Gasteiger partial charge in [-0.3, -0.25) is 4.79 Å². The average Bonchev–Trinajstić information content (AvgIpc) is 2.77. The van der Waals surface area contributed by atoms with Crippen LogP contribution in [0.15, 0.2) is 24.3 Å². The van der Waals surface area contributed by atoms with Gasteiger partial charge in [0.15, 0.2) is 0 Å². The lowest BCUT2D eigenvalue weighted by Crippen LogP contribution is -2.47. The van der Waals surface area contributed by atoms with E-state index >= 15 is 0 Å². The zero-order valence-corrected chi connectivity index (χ0v) is 12.6. The van der Waals surface area contributed by atoms with E-state index in [1.807, 2.05) is 24.3 Å². The molecule has 1 aromatic heterocycles. The third kappa shape index (κ3) is 2.40. The number of carbonyl (C=O) groups excluding carboxylic acids is 1. The highest BCUT2D eigenvalue weighted by molar-refractivity contribution is 7.21. The van der Waals surface area contributed by atoms with Crippen LogP contribution in [0.1, 0.15) is 48.7 Å². The Balaban J connectivity index is 1.87. The van der Waals surface area contributed by atoms with Gasteiger partial charge in [-0.15, -0.1) is 11.3 Å². The minimum Gasteiger partial charge on any atom is -0.397 e. The topological polar surface area (TPSA) is 55.1 Å². The van der Waals surface area contributed by atoms with E-state index in [4.69, 9.17) is 5.73 Å². The van der Waals surface area contributed by atoms with Gasteiger partial charge in [-0.2, -0.15) is 0 Å². The molecule has 1 fully saturated rings. The fraction of sp³-hybridized carbons (Fsp3) is 0.438. The summed E-state index contributed by atoms with van der Waals surface area (Å²) in [6.07, 6.45) is 5.78. The molecule has 0 saturated heterocycles. The standard InChI is InChI=1S/C16H20N2OS/c1-16(9-5-2-6-10-16)18-15(19)14-13(17)11-7-3-4-8-12(11)20-14/h3-4,7-8H,2,5-6,9-10,17H2,1H3,(H,18,19). The SMILES string of the molecule is CC1(NC(=O)c2sc3ccccc3c2N)CCCCC1. The summed E-state index contributed by atoms with van der Waals surface area (Å²) in [5.41, 5.74) is 6.68. The lowest BCUT2D eigenvalue weighted by atomic mass is 9.83. The summed E-state index contributed by atoms with van der Waals surface area (Å²) in [4.78, 5) is 13.2. The Kier molecular flexibility index (Phi) is 3.42. The first-order chi connectivity index (χ1) is 9.59. The third-order valence-corrected chi connectivity index (χ3v) is 5.40. The molecule has 0 aliphatic heterocycles. The van der Waals surface area contributed by atoms with Crippen LogP contribution in [0.3, 0.4) is 0 Å². The predicted octanol–water partition coefficient (Wildman–Crippen LogP) is 3.94. The molecule has 0 radical (unpaired) electrons. The van der Waals surface area contributed by atoms with Crippen LogP contribution in [0.5, 0.6) is 0 Å². The number of thiophene rings is 1. The Morgan fingerprint density at radius 1 is 1.25 bits per heavy atom. The molecule has 3 rings (SSSR count). The quantitative estimate of drug-likeness (QED) is 0.879. The van der Waals surface area contributed by atoms with Crippen LogP contribution in [0, 0.1) is 0 Å². The molecule has 1 heterocycles. The number of nitrogens with one attached hydrogen (secondary N) is 1. The van der Waals surface area contributed by atoms with Crippen molar-refractivity contribution in [2.24, 2.45) is 0 Å². The van der Waals surface area contributed by atoms with Crippen molar-refractivity contribution in [2.75, 3.05) is 5.73 Å². The van der Waals surface area contributed by atoms with Crippen molar-refractivity contribution in [2.45, 2.75) is 44.6 Å². The molecule has 3 nitrogen and oxygen atoms in total. The van der Waals surface area contributed by atoms with E-state index in [2.05, 4.69) is 12.2 Å². The summed E-state index contributed by atoms with van der Waals surface area (Å²) in [6, 6.07) is 7.91. The van der Waals surface area contributed by atoms with Crippen LogP contribution in [-0.4, -0.2) is 11.4 Å². The normalized spacial score (nSPS) is 18.1. The van der Waals surface area contributed by atoms with Crippen LogP contribution >= 0.6 is 11.3 Å². The average molecular weight is 288 g/mol. The molecular weight excluding hydrogens is 268 g/mol. The molecule has 1 amide bonds. The molecule has 0 unspecified atom stereocenters. The number of fused-ring (bicyclic) bond motifs is 1. The fourth-order valence-corrected chi connectivity index (χ4v) is 4.04. The number of anilines is 1. The molecule has 1 aliphatic carbocycles. The number of carbonyl (C=O) groups is 1. The van der Waals surface area contributed by atoms with Crippen molar-refractivity contribution in [3.8, 4) is 0 Å². The van der Waals surface area contributed by atoms with Crippen molar-refractivity contribution in [1.82, 2.24) is 5.32 Å². The minimum absolute atomic E-state index is 0.0203. The second-order valence-electron chi connectivity index (χ2n) is 5.92. The Labute approximate surface area is 123 Å². The van der Waals surface area contributed by atoms with E-state index in [0.717, 1.165) is 22.9 Å². The third-order valence-electron chi connectivity index (χ3n) is 4.21. The number of hydrogen-bond acceptors (Lipinski definition) is 3. The van der Waals surface area contributed by atoms with E-state index in [1.54, 1.807) is 0 Å².